The van der Waals surface area contributed by atoms with E-state index < -0.39 is 0 Å². The third-order valence-corrected chi connectivity index (χ3v) is 3.78. The lowest BCUT2D eigenvalue weighted by molar-refractivity contribution is 0.0729. The second-order valence-electron chi connectivity index (χ2n) is 4.11. The van der Waals surface area contributed by atoms with Crippen LogP contribution in [0.2, 0.25) is 0 Å². The van der Waals surface area contributed by atoms with Crippen LogP contribution >= 0.6 is 11.3 Å². The van der Waals surface area contributed by atoms with Crippen LogP contribution in [0.3, 0.4) is 0 Å². The summed E-state index contributed by atoms with van der Waals surface area (Å²) >= 11 is 1.37. The summed E-state index contributed by atoms with van der Waals surface area (Å²) in [5.74, 6) is 0.103. The van der Waals surface area contributed by atoms with Gasteiger partial charge in [0, 0.05) is 24.0 Å². The summed E-state index contributed by atoms with van der Waals surface area (Å²) in [5, 5.41) is 1.76. The average molecular weight is 237 g/mol. The lowest BCUT2D eigenvalue weighted by atomic mass is 10.1. The molecule has 1 aliphatic heterocycles. The minimum absolute atomic E-state index is 0.0222. The normalized spacial score (nSPS) is 16.2. The Morgan fingerprint density at radius 3 is 2.50 bits per heavy atom. The molecule has 1 aromatic rings. The number of likely N-dealkylation sites (tertiary alicyclic amines) is 1. The van der Waals surface area contributed by atoms with E-state index in [2.05, 4.69) is 0 Å². The number of ketones is 1. The number of hydrogen-bond donors (Lipinski definition) is 0. The van der Waals surface area contributed by atoms with Crippen molar-refractivity contribution in [3.8, 4) is 0 Å². The fourth-order valence-corrected chi connectivity index (χ4v) is 2.80. The Labute approximate surface area is 99.1 Å². The van der Waals surface area contributed by atoms with E-state index in [0.717, 1.165) is 25.9 Å². The predicted octanol–water partition coefficient (Wildman–Crippen LogP) is 2.58. The van der Waals surface area contributed by atoms with E-state index >= 15 is 0 Å². The summed E-state index contributed by atoms with van der Waals surface area (Å²) in [6, 6.07) is 1.71. The topological polar surface area (TPSA) is 37.4 Å². The highest BCUT2D eigenvalue weighted by molar-refractivity contribution is 7.12. The van der Waals surface area contributed by atoms with Crippen molar-refractivity contribution in [1.82, 2.24) is 4.90 Å². The van der Waals surface area contributed by atoms with Crippen LogP contribution in [0, 0.1) is 0 Å². The highest BCUT2D eigenvalue weighted by atomic mass is 32.1. The quantitative estimate of drug-likeness (QED) is 0.741. The molecule has 2 heterocycles. The predicted molar refractivity (Wildman–Crippen MR) is 64.1 cm³/mol. The molecule has 3 nitrogen and oxygen atoms in total. The van der Waals surface area contributed by atoms with Crippen molar-refractivity contribution in [1.29, 1.82) is 0 Å². The molecule has 0 saturated carbocycles. The van der Waals surface area contributed by atoms with E-state index in [1.165, 1.54) is 24.7 Å². The van der Waals surface area contributed by atoms with Crippen LogP contribution in [0.25, 0.3) is 0 Å². The van der Waals surface area contributed by atoms with Gasteiger partial charge in [-0.2, -0.15) is 0 Å². The molecule has 0 aromatic carbocycles. The van der Waals surface area contributed by atoms with Gasteiger partial charge < -0.3 is 4.90 Å². The molecular weight excluding hydrogens is 222 g/mol. The first kappa shape index (κ1) is 11.3. The summed E-state index contributed by atoms with van der Waals surface area (Å²) in [5.41, 5.74) is 0.644. The highest BCUT2D eigenvalue weighted by Gasteiger charge is 2.20. The zero-order valence-electron chi connectivity index (χ0n) is 9.36. The fraction of sp³-hybridized carbons (Fsp3) is 0.500. The van der Waals surface area contributed by atoms with Gasteiger partial charge in [0.2, 0.25) is 0 Å². The second kappa shape index (κ2) is 4.78. The first-order valence-corrected chi connectivity index (χ1v) is 6.45. The van der Waals surface area contributed by atoms with Crippen molar-refractivity contribution in [2.45, 2.75) is 26.2 Å². The largest absolute Gasteiger partial charge is 0.338 e. The molecule has 1 aromatic heterocycles. The lowest BCUT2D eigenvalue weighted by Gasteiger charge is -2.26. The van der Waals surface area contributed by atoms with Crippen molar-refractivity contribution < 1.29 is 9.59 Å². The molecule has 4 heteroatoms. The molecule has 0 spiro atoms. The smallest absolute Gasteiger partial charge is 0.263 e. The van der Waals surface area contributed by atoms with E-state index in [1.54, 1.807) is 11.4 Å². The number of carbonyl (C=O) groups is 2. The number of amides is 1. The van der Waals surface area contributed by atoms with Crippen LogP contribution in [-0.2, 0) is 0 Å². The number of rotatable bonds is 2. The van der Waals surface area contributed by atoms with Crippen molar-refractivity contribution in [2.75, 3.05) is 13.1 Å². The van der Waals surface area contributed by atoms with Gasteiger partial charge in [0.05, 0.1) is 4.88 Å². The maximum Gasteiger partial charge on any atom is 0.263 e. The van der Waals surface area contributed by atoms with E-state index in [-0.39, 0.29) is 11.7 Å². The van der Waals surface area contributed by atoms with Gasteiger partial charge in [0.25, 0.3) is 5.91 Å². The molecule has 1 aliphatic rings. The first-order valence-electron chi connectivity index (χ1n) is 5.57. The molecular formula is C12H15NO2S. The number of carbonyl (C=O) groups excluding carboxylic acids is 2. The summed E-state index contributed by atoms with van der Waals surface area (Å²) < 4.78 is 0. The minimum Gasteiger partial charge on any atom is -0.338 e. The van der Waals surface area contributed by atoms with Crippen LogP contribution in [0.1, 0.15) is 46.2 Å². The van der Waals surface area contributed by atoms with Crippen LogP contribution in [0.15, 0.2) is 11.4 Å². The Kier molecular flexibility index (Phi) is 3.39. The first-order chi connectivity index (χ1) is 7.68. The standard InChI is InChI=1S/C12H15NO2S/c1-9(14)10-7-11(16-8-10)12(15)13-5-3-2-4-6-13/h7-8H,2-6H2,1H3. The minimum atomic E-state index is 0.0222. The molecule has 1 saturated heterocycles. The van der Waals surface area contributed by atoms with Gasteiger partial charge in [0.15, 0.2) is 5.78 Å². The maximum atomic E-state index is 12.1. The molecule has 0 bridgehead atoms. The lowest BCUT2D eigenvalue weighted by Crippen LogP contribution is -2.35. The van der Waals surface area contributed by atoms with Crippen molar-refractivity contribution in [3.63, 3.8) is 0 Å². The summed E-state index contributed by atoms with van der Waals surface area (Å²) in [7, 11) is 0. The van der Waals surface area contributed by atoms with Gasteiger partial charge in [-0.25, -0.2) is 0 Å². The number of piperidine rings is 1. The Hall–Kier alpha value is -1.16. The monoisotopic (exact) mass is 237 g/mol. The van der Waals surface area contributed by atoms with Gasteiger partial charge in [-0.1, -0.05) is 0 Å². The fourth-order valence-electron chi connectivity index (χ4n) is 1.89. The van der Waals surface area contributed by atoms with Crippen molar-refractivity contribution in [2.24, 2.45) is 0 Å². The number of Topliss-reactive ketones (excluding diaryl/α,β-unsaturated/α-hetero) is 1. The summed E-state index contributed by atoms with van der Waals surface area (Å²) in [6.07, 6.45) is 3.40. The summed E-state index contributed by atoms with van der Waals surface area (Å²) in [6.45, 7) is 3.23. The van der Waals surface area contributed by atoms with Gasteiger partial charge in [-0.3, -0.25) is 9.59 Å². The number of hydrogen-bond acceptors (Lipinski definition) is 3. The van der Waals surface area contributed by atoms with Crippen LogP contribution in [0.5, 0.6) is 0 Å². The molecule has 0 aliphatic carbocycles. The Balaban J connectivity index is 2.10. The Morgan fingerprint density at radius 1 is 1.25 bits per heavy atom. The van der Waals surface area contributed by atoms with Crippen LogP contribution in [0.4, 0.5) is 0 Å². The molecule has 0 unspecified atom stereocenters. The van der Waals surface area contributed by atoms with Crippen molar-refractivity contribution in [3.05, 3.63) is 21.9 Å². The third-order valence-electron chi connectivity index (χ3n) is 2.86. The average Bonchev–Trinajstić information content (AvgIpc) is 2.78. The third kappa shape index (κ3) is 2.32. The molecule has 16 heavy (non-hydrogen) atoms. The number of thiophene rings is 1. The Morgan fingerprint density at radius 2 is 1.94 bits per heavy atom. The van der Waals surface area contributed by atoms with E-state index in [9.17, 15) is 9.59 Å². The molecule has 0 radical (unpaired) electrons. The van der Waals surface area contributed by atoms with Gasteiger partial charge in [-0.05, 0) is 32.3 Å². The van der Waals surface area contributed by atoms with E-state index in [0.29, 0.717) is 10.4 Å². The SMILES string of the molecule is CC(=O)c1csc(C(=O)N2CCCCC2)c1. The molecule has 86 valence electrons. The molecule has 0 N–H and O–H groups in total. The molecule has 1 amide bonds. The summed E-state index contributed by atoms with van der Waals surface area (Å²) in [4.78, 5) is 25.8. The van der Waals surface area contributed by atoms with E-state index in [1.807, 2.05) is 4.90 Å². The Bertz CT molecular complexity index is 405. The van der Waals surface area contributed by atoms with Crippen molar-refractivity contribution >= 4 is 23.0 Å². The number of nitrogens with zero attached hydrogens (tertiary/aromatic N) is 1. The zero-order valence-corrected chi connectivity index (χ0v) is 10.2. The maximum absolute atomic E-state index is 12.1. The zero-order chi connectivity index (χ0) is 11.5. The molecule has 2 rings (SSSR count). The highest BCUT2D eigenvalue weighted by Crippen LogP contribution is 2.19. The molecule has 0 atom stereocenters. The van der Waals surface area contributed by atoms with Crippen LogP contribution in [-0.4, -0.2) is 29.7 Å². The van der Waals surface area contributed by atoms with Crippen LogP contribution < -0.4 is 0 Å². The van der Waals surface area contributed by atoms with Gasteiger partial charge in [0.1, 0.15) is 0 Å². The van der Waals surface area contributed by atoms with Gasteiger partial charge in [-0.15, -0.1) is 11.3 Å². The second-order valence-corrected chi connectivity index (χ2v) is 5.02. The van der Waals surface area contributed by atoms with Gasteiger partial charge >= 0.3 is 0 Å². The van der Waals surface area contributed by atoms with E-state index in [4.69, 9.17) is 0 Å². The molecule has 1 fully saturated rings.